The van der Waals surface area contributed by atoms with Gasteiger partial charge in [0, 0.05) is 6.41 Å². The molecule has 0 atom stereocenters. The Labute approximate surface area is 277 Å². The fraction of sp³-hybridized carbons (Fsp3) is 0.125. The Bertz CT molecular complexity index is 1870. The maximum absolute atomic E-state index is 10.3. The van der Waals surface area contributed by atoms with Gasteiger partial charge < -0.3 is 63.5 Å². The van der Waals surface area contributed by atoms with E-state index in [1.54, 1.807) is 0 Å². The first-order valence-corrected chi connectivity index (χ1v) is 12.3. The predicted octanol–water partition coefficient (Wildman–Crippen LogP) is -3.85. The van der Waals surface area contributed by atoms with Gasteiger partial charge in [-0.25, -0.2) is 5.90 Å². The van der Waals surface area contributed by atoms with E-state index in [1.807, 2.05) is 12.1 Å². The van der Waals surface area contributed by atoms with E-state index in [0.29, 0.717) is 9.46 Å². The van der Waals surface area contributed by atoms with Crippen molar-refractivity contribution in [3.05, 3.63) is 61.5 Å². The predicted molar refractivity (Wildman–Crippen MR) is 157 cm³/mol. The summed E-state index contributed by atoms with van der Waals surface area (Å²) < 4.78 is 32.5. The SMILES string of the molecule is Cl.N#CCNCC#N.N=c1c([N+](=O)[O-])nc([N+](=O)[O-])c(N)n1O.N=c1cncc(N)n1O.NO.Nc1cncc(=NO)n1O.O=S(=O)(O)O.[HH]. The highest BCUT2D eigenvalue weighted by Crippen LogP contribution is 2.17. The minimum Gasteiger partial charge on any atom is -0.425 e. The van der Waals surface area contributed by atoms with Crippen molar-refractivity contribution in [1.29, 1.82) is 21.3 Å². The summed E-state index contributed by atoms with van der Waals surface area (Å²) in [7, 11) is -4.67. The highest BCUT2D eigenvalue weighted by atomic mass is 35.5. The van der Waals surface area contributed by atoms with Gasteiger partial charge in [0.25, 0.3) is 5.49 Å². The zero-order valence-electron chi connectivity index (χ0n) is 23.8. The van der Waals surface area contributed by atoms with Gasteiger partial charge in [-0.3, -0.25) is 35.2 Å². The quantitative estimate of drug-likeness (QED) is 0.0231. The second-order valence-electron chi connectivity index (χ2n) is 6.82. The lowest BCUT2D eigenvalue weighted by atomic mass is 10.5. The Morgan fingerprint density at radius 3 is 1.63 bits per heavy atom. The summed E-state index contributed by atoms with van der Waals surface area (Å²) in [5.74, 6) is 0.479. The average Bonchev–Trinajstić information content (AvgIpc) is 3.01. The Morgan fingerprint density at radius 2 is 1.31 bits per heavy atom. The third-order valence-electron chi connectivity index (χ3n) is 3.68. The molecule has 0 spiro atoms. The molecule has 274 valence electrons. The largest absolute Gasteiger partial charge is 0.425 e. The number of nitriles is 2. The van der Waals surface area contributed by atoms with Crippen LogP contribution in [-0.4, -0.2) is 95.6 Å². The van der Waals surface area contributed by atoms with E-state index in [4.69, 9.17) is 82.1 Å². The Morgan fingerprint density at radius 1 is 0.898 bits per heavy atom. The van der Waals surface area contributed by atoms with E-state index >= 15 is 0 Å². The number of hydrogen-bond donors (Lipinski definition) is 14. The molecule has 0 aliphatic carbocycles. The minimum atomic E-state index is -4.67. The van der Waals surface area contributed by atoms with Gasteiger partial charge in [-0.05, 0) is 9.85 Å². The van der Waals surface area contributed by atoms with Gasteiger partial charge in [0.2, 0.25) is 11.3 Å². The molecule has 0 saturated carbocycles. The number of nitrogens with one attached hydrogen (secondary N) is 3. The van der Waals surface area contributed by atoms with E-state index < -0.39 is 43.2 Å². The van der Waals surface area contributed by atoms with Crippen LogP contribution in [0.5, 0.6) is 0 Å². The van der Waals surface area contributed by atoms with Gasteiger partial charge >= 0.3 is 22.0 Å². The number of aromatic nitrogens is 6. The highest BCUT2D eigenvalue weighted by molar-refractivity contribution is 7.79. The van der Waals surface area contributed by atoms with Crippen LogP contribution in [0.25, 0.3) is 0 Å². The monoisotopic (exact) mass is 748 g/mol. The molecule has 0 fully saturated rings. The third kappa shape index (κ3) is 20.7. The maximum Gasteiger partial charge on any atom is 0.414 e. The van der Waals surface area contributed by atoms with Crippen molar-refractivity contribution in [1.82, 2.24) is 34.5 Å². The van der Waals surface area contributed by atoms with Crippen LogP contribution < -0.4 is 44.9 Å². The highest BCUT2D eigenvalue weighted by Gasteiger charge is 2.26. The first kappa shape index (κ1) is 49.0. The molecule has 0 unspecified atom stereocenters. The van der Waals surface area contributed by atoms with Gasteiger partial charge in [0.15, 0.2) is 17.1 Å². The fourth-order valence-electron chi connectivity index (χ4n) is 1.88. The first-order valence-electron chi connectivity index (χ1n) is 10.9. The van der Waals surface area contributed by atoms with Crippen molar-refractivity contribution in [3.63, 3.8) is 0 Å². The van der Waals surface area contributed by atoms with Crippen molar-refractivity contribution < 1.29 is 54.8 Å². The van der Waals surface area contributed by atoms with Crippen LogP contribution in [0, 0.1) is 53.7 Å². The molecular weight excluding hydrogens is 720 g/mol. The molecular formula is C16H29ClN18O13S. The number of anilines is 3. The summed E-state index contributed by atoms with van der Waals surface area (Å²) in [5, 5.41) is 96.9. The Hall–Kier alpha value is -6.94. The van der Waals surface area contributed by atoms with E-state index in [1.165, 1.54) is 18.6 Å². The second kappa shape index (κ2) is 25.3. The number of nitrogens with two attached hydrogens (primary N) is 4. The molecule has 3 aromatic rings. The molecule has 0 amide bonds. The van der Waals surface area contributed by atoms with Crippen LogP contribution in [0.4, 0.5) is 29.1 Å². The van der Waals surface area contributed by atoms with Gasteiger partial charge in [-0.1, -0.05) is 5.16 Å². The smallest absolute Gasteiger partial charge is 0.414 e. The van der Waals surface area contributed by atoms with Crippen molar-refractivity contribution in [3.8, 4) is 12.1 Å². The summed E-state index contributed by atoms with van der Waals surface area (Å²) in [5.41, 5.74) is 14.1. The van der Waals surface area contributed by atoms with Gasteiger partial charge in [0.1, 0.15) is 0 Å². The molecule has 49 heavy (non-hydrogen) atoms. The van der Waals surface area contributed by atoms with Gasteiger partial charge in [0.05, 0.1) is 50.0 Å². The number of nitro groups is 2. The molecule has 0 radical (unpaired) electrons. The normalized spacial score (nSPS) is 9.39. The molecule has 0 saturated heterocycles. The van der Waals surface area contributed by atoms with E-state index in [9.17, 15) is 20.2 Å². The zero-order valence-corrected chi connectivity index (χ0v) is 25.5. The van der Waals surface area contributed by atoms with Gasteiger partial charge in [-0.15, -0.1) is 21.9 Å². The van der Waals surface area contributed by atoms with Crippen LogP contribution in [0.1, 0.15) is 1.43 Å². The third-order valence-corrected chi connectivity index (χ3v) is 3.68. The lowest BCUT2D eigenvalue weighted by Gasteiger charge is -2.02. The van der Waals surface area contributed by atoms with Crippen LogP contribution in [-0.2, 0) is 10.4 Å². The van der Waals surface area contributed by atoms with Crippen LogP contribution in [0.15, 0.2) is 29.9 Å². The van der Waals surface area contributed by atoms with Crippen molar-refractivity contribution in [2.75, 3.05) is 30.3 Å². The van der Waals surface area contributed by atoms with E-state index in [-0.39, 0.29) is 54.3 Å². The maximum atomic E-state index is 10.3. The van der Waals surface area contributed by atoms with Crippen LogP contribution in [0.2, 0.25) is 0 Å². The van der Waals surface area contributed by atoms with E-state index in [2.05, 4.69) is 31.3 Å². The van der Waals surface area contributed by atoms with Crippen molar-refractivity contribution in [2.24, 2.45) is 11.1 Å². The second-order valence-corrected chi connectivity index (χ2v) is 7.71. The molecule has 33 heteroatoms. The fourth-order valence-corrected chi connectivity index (χ4v) is 1.88. The molecule has 0 aromatic carbocycles. The number of halogens is 1. The van der Waals surface area contributed by atoms with Crippen molar-refractivity contribution in [2.45, 2.75) is 0 Å². The van der Waals surface area contributed by atoms with Crippen LogP contribution in [0.3, 0.4) is 0 Å². The lowest BCUT2D eigenvalue weighted by Crippen LogP contribution is -2.26. The summed E-state index contributed by atoms with van der Waals surface area (Å²) >= 11 is 0. The lowest BCUT2D eigenvalue weighted by molar-refractivity contribution is -0.405. The molecule has 18 N–H and O–H groups in total. The topological polar surface area (TPSA) is 539 Å². The van der Waals surface area contributed by atoms with Gasteiger partial charge in [-0.2, -0.15) is 23.7 Å². The summed E-state index contributed by atoms with van der Waals surface area (Å²) in [6.07, 6.45) is 4.85. The van der Waals surface area contributed by atoms with E-state index in [0.717, 1.165) is 6.20 Å². The number of nitrogen functional groups attached to an aromatic ring is 3. The Kier molecular flexibility index (Phi) is 25.2. The molecule has 0 aliphatic heterocycles. The number of hydrogen-bond acceptors (Lipinski definition) is 24. The molecule has 0 aliphatic rings. The summed E-state index contributed by atoms with van der Waals surface area (Å²) in [4.78, 5) is 28.4. The zero-order chi connectivity index (χ0) is 38.2. The summed E-state index contributed by atoms with van der Waals surface area (Å²) in [6, 6.07) is 3.68. The molecule has 31 nitrogen and oxygen atoms in total. The average molecular weight is 749 g/mol. The standard InChI is InChI=1S/C4H4N6O5.C4H6N4O2.C4H6N4O.C4H5N3.ClH.H3NO.H2O4S.H2/c5-1-3(9(12)13)7-4(10(14)15)2(6)8(1)11;5-3-1-6-2-4(7-9)8(3)10;5-3-1-7-2-4(6)8(3)9;5-1-3-7-4-2-6;;1-2;1-5(2,3)4;/h5,11H,6H2;1-2,9-10H,5H2;1-2,5,9H,6H2;7H,3-4H2;1H;2H,1H2;(H2,1,2,3,4);1H. The first-order chi connectivity index (χ1) is 22.2. The molecule has 0 bridgehead atoms. The number of rotatable bonds is 4. The van der Waals surface area contributed by atoms with Crippen LogP contribution >= 0.6 is 12.4 Å². The minimum absolute atomic E-state index is 0. The number of nitrogens with zero attached hydrogens (tertiary/aromatic N) is 11. The van der Waals surface area contributed by atoms with Crippen molar-refractivity contribution >= 4 is 51.9 Å². The molecule has 3 aromatic heterocycles. The molecule has 3 rings (SSSR count). The molecule has 3 heterocycles. The summed E-state index contributed by atoms with van der Waals surface area (Å²) in [6.45, 7) is 0.515. The Balaban J connectivity index is -0.000000172.